The van der Waals surface area contributed by atoms with Crippen LogP contribution in [-0.2, 0) is 4.79 Å². The lowest BCUT2D eigenvalue weighted by atomic mass is 9.97. The molecule has 5 heteroatoms. The number of nitrogens with two attached hydrogens (primary N) is 1. The number of methoxy groups -OCH3 is 1. The van der Waals surface area contributed by atoms with Crippen LogP contribution in [0.2, 0.25) is 0 Å². The van der Waals surface area contributed by atoms with E-state index in [-0.39, 0.29) is 11.9 Å². The standard InChI is InChI=1S/C16H24N2O2S/c1-20-15-6-4-3-5-13(15)12-7-9-18(11-12)16(19)14(17)8-10-21-2/h3-6,12,14H,7-11,17H2,1-2H3/t12-,14+/m1/s1. The lowest BCUT2D eigenvalue weighted by Gasteiger charge is -2.21. The maximum Gasteiger partial charge on any atom is 0.239 e. The topological polar surface area (TPSA) is 55.6 Å². The number of carbonyl (C=O) groups excluding carboxylic acids is 1. The number of likely N-dealkylation sites (tertiary alicyclic amines) is 1. The summed E-state index contributed by atoms with van der Waals surface area (Å²) in [4.78, 5) is 14.2. The second-order valence-corrected chi connectivity index (χ2v) is 6.39. The minimum atomic E-state index is -0.367. The molecule has 0 aliphatic carbocycles. The van der Waals surface area contributed by atoms with Crippen LogP contribution in [0.25, 0.3) is 0 Å². The van der Waals surface area contributed by atoms with Gasteiger partial charge in [0, 0.05) is 19.0 Å². The first kappa shape index (κ1) is 16.2. The average Bonchev–Trinajstić information content (AvgIpc) is 3.01. The number of carbonyl (C=O) groups is 1. The number of hydrogen-bond acceptors (Lipinski definition) is 4. The number of amides is 1. The summed E-state index contributed by atoms with van der Waals surface area (Å²) < 4.78 is 5.42. The van der Waals surface area contributed by atoms with E-state index < -0.39 is 0 Å². The monoisotopic (exact) mass is 308 g/mol. The first-order valence-electron chi connectivity index (χ1n) is 7.33. The normalized spacial score (nSPS) is 19.6. The van der Waals surface area contributed by atoms with Crippen molar-refractivity contribution >= 4 is 17.7 Å². The number of nitrogens with zero attached hydrogens (tertiary/aromatic N) is 1. The molecular weight excluding hydrogens is 284 g/mol. The van der Waals surface area contributed by atoms with Crippen molar-refractivity contribution in [3.63, 3.8) is 0 Å². The molecule has 1 aromatic rings. The van der Waals surface area contributed by atoms with Crippen molar-refractivity contribution in [1.29, 1.82) is 0 Å². The zero-order chi connectivity index (χ0) is 15.2. The number of rotatable bonds is 6. The fourth-order valence-electron chi connectivity index (χ4n) is 2.82. The van der Waals surface area contributed by atoms with Crippen LogP contribution in [0.3, 0.4) is 0 Å². The van der Waals surface area contributed by atoms with Gasteiger partial charge in [-0.1, -0.05) is 18.2 Å². The van der Waals surface area contributed by atoms with E-state index in [2.05, 4.69) is 6.07 Å². The van der Waals surface area contributed by atoms with Crippen LogP contribution < -0.4 is 10.5 Å². The molecule has 0 radical (unpaired) electrons. The highest BCUT2D eigenvalue weighted by Crippen LogP contribution is 2.33. The number of para-hydroxylation sites is 1. The largest absolute Gasteiger partial charge is 0.496 e. The van der Waals surface area contributed by atoms with Gasteiger partial charge in [0.05, 0.1) is 13.2 Å². The van der Waals surface area contributed by atoms with Gasteiger partial charge in [0.25, 0.3) is 0 Å². The van der Waals surface area contributed by atoms with Crippen LogP contribution in [0.4, 0.5) is 0 Å². The van der Waals surface area contributed by atoms with Crippen molar-refractivity contribution in [2.45, 2.75) is 24.8 Å². The van der Waals surface area contributed by atoms with Crippen LogP contribution in [-0.4, -0.2) is 49.1 Å². The zero-order valence-electron chi connectivity index (χ0n) is 12.7. The Kier molecular flexibility index (Phi) is 5.94. The Morgan fingerprint density at radius 2 is 2.29 bits per heavy atom. The van der Waals surface area contributed by atoms with Gasteiger partial charge in [-0.25, -0.2) is 0 Å². The summed E-state index contributed by atoms with van der Waals surface area (Å²) in [5.41, 5.74) is 7.18. The van der Waals surface area contributed by atoms with Crippen LogP contribution >= 0.6 is 11.8 Å². The van der Waals surface area contributed by atoms with Crippen LogP contribution in [0.1, 0.15) is 24.3 Å². The molecule has 0 saturated carbocycles. The van der Waals surface area contributed by atoms with E-state index in [0.717, 1.165) is 37.4 Å². The summed E-state index contributed by atoms with van der Waals surface area (Å²) in [5.74, 6) is 2.26. The molecule has 1 aliphatic rings. The fourth-order valence-corrected chi connectivity index (χ4v) is 3.31. The minimum absolute atomic E-state index is 0.0847. The zero-order valence-corrected chi connectivity index (χ0v) is 13.6. The molecule has 0 spiro atoms. The SMILES string of the molecule is COc1ccccc1[C@@H]1CCN(C(=O)[C@@H](N)CCSC)C1. The lowest BCUT2D eigenvalue weighted by molar-refractivity contribution is -0.131. The molecular formula is C16H24N2O2S. The first-order valence-corrected chi connectivity index (χ1v) is 8.73. The van der Waals surface area contributed by atoms with Gasteiger partial charge in [-0.05, 0) is 36.5 Å². The van der Waals surface area contributed by atoms with E-state index in [4.69, 9.17) is 10.5 Å². The van der Waals surface area contributed by atoms with Gasteiger partial charge >= 0.3 is 0 Å². The quantitative estimate of drug-likeness (QED) is 0.874. The van der Waals surface area contributed by atoms with Crippen molar-refractivity contribution in [3.8, 4) is 5.75 Å². The van der Waals surface area contributed by atoms with Crippen LogP contribution in [0.5, 0.6) is 5.75 Å². The molecule has 2 N–H and O–H groups in total. The van der Waals surface area contributed by atoms with E-state index in [9.17, 15) is 4.79 Å². The van der Waals surface area contributed by atoms with E-state index in [0.29, 0.717) is 5.92 Å². The molecule has 1 aliphatic heterocycles. The Balaban J connectivity index is 1.98. The van der Waals surface area contributed by atoms with Gasteiger partial charge in [-0.15, -0.1) is 0 Å². The molecule has 0 aromatic heterocycles. The van der Waals surface area contributed by atoms with Gasteiger partial charge in [0.1, 0.15) is 5.75 Å². The highest BCUT2D eigenvalue weighted by Gasteiger charge is 2.31. The Bertz CT molecular complexity index is 481. The van der Waals surface area contributed by atoms with E-state index in [1.807, 2.05) is 29.4 Å². The van der Waals surface area contributed by atoms with E-state index in [1.54, 1.807) is 18.9 Å². The maximum absolute atomic E-state index is 12.3. The smallest absolute Gasteiger partial charge is 0.239 e. The number of ether oxygens (including phenoxy) is 1. The van der Waals surface area contributed by atoms with Gasteiger partial charge in [-0.3, -0.25) is 4.79 Å². The van der Waals surface area contributed by atoms with Gasteiger partial charge < -0.3 is 15.4 Å². The third-order valence-electron chi connectivity index (χ3n) is 4.03. The highest BCUT2D eigenvalue weighted by molar-refractivity contribution is 7.98. The summed E-state index contributed by atoms with van der Waals surface area (Å²) in [7, 11) is 1.69. The molecule has 1 heterocycles. The number of hydrogen-bond donors (Lipinski definition) is 1. The summed E-state index contributed by atoms with van der Waals surface area (Å²) >= 11 is 1.72. The van der Waals surface area contributed by atoms with E-state index >= 15 is 0 Å². The first-order chi connectivity index (χ1) is 10.2. The Labute approximate surface area is 131 Å². The lowest BCUT2D eigenvalue weighted by Crippen LogP contribution is -2.42. The average molecular weight is 308 g/mol. The molecule has 4 nitrogen and oxygen atoms in total. The summed E-state index contributed by atoms with van der Waals surface area (Å²) in [5, 5.41) is 0. The minimum Gasteiger partial charge on any atom is -0.496 e. The van der Waals surface area contributed by atoms with Gasteiger partial charge in [-0.2, -0.15) is 11.8 Å². The van der Waals surface area contributed by atoms with Crippen molar-refractivity contribution in [2.75, 3.05) is 32.2 Å². The number of thioether (sulfide) groups is 1. The Morgan fingerprint density at radius 1 is 1.52 bits per heavy atom. The summed E-state index contributed by atoms with van der Waals surface area (Å²) in [6.07, 6.45) is 3.75. The predicted molar refractivity (Wildman–Crippen MR) is 87.9 cm³/mol. The van der Waals surface area contributed by atoms with Crippen molar-refractivity contribution < 1.29 is 9.53 Å². The molecule has 1 aromatic carbocycles. The predicted octanol–water partition coefficient (Wildman–Crippen LogP) is 2.09. The molecule has 1 fully saturated rings. The fraction of sp³-hybridized carbons (Fsp3) is 0.562. The van der Waals surface area contributed by atoms with Crippen LogP contribution in [0, 0.1) is 0 Å². The van der Waals surface area contributed by atoms with Crippen molar-refractivity contribution in [1.82, 2.24) is 4.90 Å². The van der Waals surface area contributed by atoms with Gasteiger partial charge in [0.2, 0.25) is 5.91 Å². The molecule has 2 atom stereocenters. The highest BCUT2D eigenvalue weighted by atomic mass is 32.2. The Morgan fingerprint density at radius 3 is 3.00 bits per heavy atom. The molecule has 116 valence electrons. The van der Waals surface area contributed by atoms with Crippen molar-refractivity contribution in [3.05, 3.63) is 29.8 Å². The second kappa shape index (κ2) is 7.71. The molecule has 1 saturated heterocycles. The molecule has 0 unspecified atom stereocenters. The van der Waals surface area contributed by atoms with Crippen molar-refractivity contribution in [2.24, 2.45) is 5.73 Å². The van der Waals surface area contributed by atoms with E-state index in [1.165, 1.54) is 5.56 Å². The summed E-state index contributed by atoms with van der Waals surface area (Å²) in [6.45, 7) is 1.53. The molecule has 2 rings (SSSR count). The van der Waals surface area contributed by atoms with Crippen LogP contribution in [0.15, 0.2) is 24.3 Å². The van der Waals surface area contributed by atoms with Gasteiger partial charge in [0.15, 0.2) is 0 Å². The maximum atomic E-state index is 12.3. The molecule has 21 heavy (non-hydrogen) atoms. The number of benzene rings is 1. The Hall–Kier alpha value is -1.20. The molecule has 1 amide bonds. The molecule has 0 bridgehead atoms. The summed E-state index contributed by atoms with van der Waals surface area (Å²) in [6, 6.07) is 7.69. The third kappa shape index (κ3) is 3.92. The second-order valence-electron chi connectivity index (χ2n) is 5.40. The third-order valence-corrected chi connectivity index (χ3v) is 4.67.